The van der Waals surface area contributed by atoms with E-state index in [2.05, 4.69) is 24.4 Å². The van der Waals surface area contributed by atoms with Crippen LogP contribution in [0.15, 0.2) is 24.3 Å². The lowest BCUT2D eigenvalue weighted by Gasteiger charge is -2.31. The maximum absolute atomic E-state index is 12.3. The van der Waals surface area contributed by atoms with Crippen LogP contribution in [0, 0.1) is 5.92 Å². The first-order chi connectivity index (χ1) is 10.2. The fourth-order valence-corrected chi connectivity index (χ4v) is 3.54. The number of hydrogen-bond donors (Lipinski definition) is 2. The molecule has 1 aliphatic carbocycles. The molecule has 3 N–H and O–H groups in total. The number of rotatable bonds is 6. The van der Waals surface area contributed by atoms with E-state index in [1.165, 1.54) is 18.4 Å². The van der Waals surface area contributed by atoms with E-state index in [0.717, 1.165) is 29.9 Å². The smallest absolute Gasteiger partial charge is 0.251 e. The molecule has 3 nitrogen and oxygen atoms in total. The van der Waals surface area contributed by atoms with Gasteiger partial charge >= 0.3 is 0 Å². The Morgan fingerprint density at radius 3 is 2.59 bits per heavy atom. The van der Waals surface area contributed by atoms with E-state index in [9.17, 15) is 4.79 Å². The zero-order valence-electron chi connectivity index (χ0n) is 13.2. The van der Waals surface area contributed by atoms with Crippen LogP contribution in [0.5, 0.6) is 0 Å². The molecule has 1 aliphatic rings. The van der Waals surface area contributed by atoms with Gasteiger partial charge in [-0.1, -0.05) is 31.9 Å². The molecule has 0 saturated heterocycles. The van der Waals surface area contributed by atoms with Crippen molar-refractivity contribution >= 4 is 30.1 Å². The summed E-state index contributed by atoms with van der Waals surface area (Å²) in [5.74, 6) is 2.60. The zero-order valence-corrected chi connectivity index (χ0v) is 14.8. The minimum atomic E-state index is 0. The average molecular weight is 343 g/mol. The molecule has 5 heteroatoms. The van der Waals surface area contributed by atoms with E-state index < -0.39 is 0 Å². The third kappa shape index (κ3) is 5.49. The summed E-state index contributed by atoms with van der Waals surface area (Å²) in [6, 6.07) is 8.21. The number of nitrogens with one attached hydrogen (secondary N) is 1. The van der Waals surface area contributed by atoms with Crippen molar-refractivity contribution in [2.45, 2.75) is 44.4 Å². The van der Waals surface area contributed by atoms with Crippen LogP contribution in [0.25, 0.3) is 0 Å². The highest BCUT2D eigenvalue weighted by atomic mass is 35.5. The van der Waals surface area contributed by atoms with E-state index in [0.29, 0.717) is 12.5 Å². The Kier molecular flexibility index (Phi) is 8.91. The van der Waals surface area contributed by atoms with Gasteiger partial charge in [0.1, 0.15) is 0 Å². The lowest BCUT2D eigenvalue weighted by atomic mass is 9.84. The van der Waals surface area contributed by atoms with Crippen molar-refractivity contribution in [3.05, 3.63) is 35.4 Å². The molecule has 0 heterocycles. The van der Waals surface area contributed by atoms with Gasteiger partial charge in [-0.15, -0.1) is 12.4 Å². The number of benzene rings is 1. The second kappa shape index (κ2) is 10.1. The Balaban J connectivity index is 0.00000242. The highest BCUT2D eigenvalue weighted by Gasteiger charge is 2.25. The Morgan fingerprint density at radius 2 is 1.95 bits per heavy atom. The van der Waals surface area contributed by atoms with E-state index in [1.807, 2.05) is 23.9 Å². The van der Waals surface area contributed by atoms with Crippen LogP contribution in [-0.4, -0.2) is 24.2 Å². The molecule has 0 spiro atoms. The first kappa shape index (κ1) is 19.3. The molecule has 0 aliphatic heterocycles. The molecule has 124 valence electrons. The van der Waals surface area contributed by atoms with Crippen molar-refractivity contribution in [3.63, 3.8) is 0 Å². The summed E-state index contributed by atoms with van der Waals surface area (Å²) >= 11 is 1.89. The maximum Gasteiger partial charge on any atom is 0.251 e. The molecule has 2 unspecified atom stereocenters. The largest absolute Gasteiger partial charge is 0.349 e. The minimum absolute atomic E-state index is 0. The highest BCUT2D eigenvalue weighted by Crippen LogP contribution is 2.24. The van der Waals surface area contributed by atoms with Gasteiger partial charge in [0.25, 0.3) is 5.91 Å². The third-order valence-corrected chi connectivity index (χ3v) is 5.16. The molecular weight excluding hydrogens is 316 g/mol. The van der Waals surface area contributed by atoms with Gasteiger partial charge in [0.2, 0.25) is 0 Å². The van der Waals surface area contributed by atoms with Crippen LogP contribution in [0.3, 0.4) is 0 Å². The number of carbonyl (C=O) groups is 1. The van der Waals surface area contributed by atoms with Crippen LogP contribution in [0.1, 0.15) is 48.5 Å². The second-order valence-corrected chi connectivity index (χ2v) is 6.97. The van der Waals surface area contributed by atoms with Gasteiger partial charge < -0.3 is 11.1 Å². The SMILES string of the molecule is CCSCc1ccc(C(=O)NC2CCCCC2CN)cc1.Cl. The van der Waals surface area contributed by atoms with Crippen molar-refractivity contribution in [1.82, 2.24) is 5.32 Å². The summed E-state index contributed by atoms with van der Waals surface area (Å²) in [6.45, 7) is 2.82. The molecule has 1 aromatic carbocycles. The lowest BCUT2D eigenvalue weighted by molar-refractivity contribution is 0.0908. The van der Waals surface area contributed by atoms with Crippen molar-refractivity contribution in [2.24, 2.45) is 11.7 Å². The van der Waals surface area contributed by atoms with E-state index in [-0.39, 0.29) is 24.4 Å². The summed E-state index contributed by atoms with van der Waals surface area (Å²) in [5.41, 5.74) is 7.85. The summed E-state index contributed by atoms with van der Waals surface area (Å²) in [6.07, 6.45) is 4.61. The molecule has 0 aromatic heterocycles. The number of carbonyl (C=O) groups excluding carboxylic acids is 1. The van der Waals surface area contributed by atoms with E-state index >= 15 is 0 Å². The Hall–Kier alpha value is -0.710. The first-order valence-electron chi connectivity index (χ1n) is 7.92. The Labute approximate surface area is 144 Å². The quantitative estimate of drug-likeness (QED) is 0.830. The third-order valence-electron chi connectivity index (χ3n) is 4.22. The Bertz CT molecular complexity index is 452. The lowest BCUT2D eigenvalue weighted by Crippen LogP contribution is -2.44. The molecule has 1 saturated carbocycles. The molecule has 2 rings (SSSR count). The molecule has 1 amide bonds. The predicted octanol–water partition coefficient (Wildman–Crippen LogP) is 3.61. The van der Waals surface area contributed by atoms with Crippen molar-refractivity contribution in [2.75, 3.05) is 12.3 Å². The minimum Gasteiger partial charge on any atom is -0.349 e. The van der Waals surface area contributed by atoms with Gasteiger partial charge in [0, 0.05) is 17.4 Å². The molecular formula is C17H27ClN2OS. The molecule has 22 heavy (non-hydrogen) atoms. The molecule has 1 fully saturated rings. The number of amides is 1. The summed E-state index contributed by atoms with van der Waals surface area (Å²) in [4.78, 5) is 12.3. The predicted molar refractivity (Wildman–Crippen MR) is 97.8 cm³/mol. The molecule has 2 atom stereocenters. The first-order valence-corrected chi connectivity index (χ1v) is 9.07. The number of thioether (sulfide) groups is 1. The van der Waals surface area contributed by atoms with Gasteiger partial charge in [-0.25, -0.2) is 0 Å². The maximum atomic E-state index is 12.3. The highest BCUT2D eigenvalue weighted by molar-refractivity contribution is 7.98. The Morgan fingerprint density at radius 1 is 1.27 bits per heavy atom. The standard InChI is InChI=1S/C17H26N2OS.ClH/c1-2-21-12-13-7-9-14(10-8-13)17(20)19-16-6-4-3-5-15(16)11-18;/h7-10,15-16H,2-6,11-12,18H2,1H3,(H,19,20);1H. The number of nitrogens with two attached hydrogens (primary N) is 1. The zero-order chi connectivity index (χ0) is 15.1. The van der Waals surface area contributed by atoms with Gasteiger partial charge in [0.15, 0.2) is 0 Å². The summed E-state index contributed by atoms with van der Waals surface area (Å²) in [7, 11) is 0. The van der Waals surface area contributed by atoms with Crippen molar-refractivity contribution in [3.8, 4) is 0 Å². The van der Waals surface area contributed by atoms with Gasteiger partial charge in [-0.3, -0.25) is 4.79 Å². The summed E-state index contributed by atoms with van der Waals surface area (Å²) in [5, 5.41) is 3.17. The van der Waals surface area contributed by atoms with E-state index in [1.54, 1.807) is 0 Å². The number of halogens is 1. The van der Waals surface area contributed by atoms with Gasteiger partial charge in [-0.05, 0) is 48.8 Å². The van der Waals surface area contributed by atoms with Gasteiger partial charge in [-0.2, -0.15) is 11.8 Å². The van der Waals surface area contributed by atoms with Crippen molar-refractivity contribution < 1.29 is 4.79 Å². The average Bonchev–Trinajstić information content (AvgIpc) is 2.54. The van der Waals surface area contributed by atoms with Crippen LogP contribution in [-0.2, 0) is 5.75 Å². The second-order valence-electron chi connectivity index (χ2n) is 5.69. The number of hydrogen-bond acceptors (Lipinski definition) is 3. The molecule has 1 aromatic rings. The molecule has 0 radical (unpaired) electrons. The van der Waals surface area contributed by atoms with Crippen LogP contribution in [0.2, 0.25) is 0 Å². The van der Waals surface area contributed by atoms with Crippen LogP contribution in [0.4, 0.5) is 0 Å². The fraction of sp³-hybridized carbons (Fsp3) is 0.588. The summed E-state index contributed by atoms with van der Waals surface area (Å²) < 4.78 is 0. The van der Waals surface area contributed by atoms with Gasteiger partial charge in [0.05, 0.1) is 0 Å². The van der Waals surface area contributed by atoms with Crippen LogP contribution >= 0.6 is 24.2 Å². The van der Waals surface area contributed by atoms with Crippen molar-refractivity contribution in [1.29, 1.82) is 0 Å². The normalized spacial score (nSPS) is 21.0. The topological polar surface area (TPSA) is 55.1 Å². The molecule has 0 bridgehead atoms. The van der Waals surface area contributed by atoms with E-state index in [4.69, 9.17) is 5.73 Å². The fourth-order valence-electron chi connectivity index (χ4n) is 2.90. The van der Waals surface area contributed by atoms with Crippen LogP contribution < -0.4 is 11.1 Å². The monoisotopic (exact) mass is 342 g/mol.